The molecule has 0 radical (unpaired) electrons. The molecule has 10 aromatic rings. The van der Waals surface area contributed by atoms with E-state index in [-0.39, 0.29) is 251 Å². The number of hydrogen-bond donors (Lipinski definition) is 5. The second-order valence-corrected chi connectivity index (χ2v) is 27.6. The van der Waals surface area contributed by atoms with Crippen LogP contribution in [0.25, 0.3) is 0 Å². The number of ether oxygens (including phenoxy) is 15. The Balaban J connectivity index is 0.000000340. The molecule has 20 nitrogen and oxygen atoms in total. The van der Waals surface area contributed by atoms with Gasteiger partial charge in [0, 0.05) is 27.4 Å². The van der Waals surface area contributed by atoms with Crippen LogP contribution < -0.4 is 71.1 Å². The van der Waals surface area contributed by atoms with Crippen molar-refractivity contribution < 1.29 is 168 Å². The Morgan fingerprint density at radius 3 is 0.695 bits per heavy atom. The first-order valence-electron chi connectivity index (χ1n) is 65.9. The maximum Gasteiger partial charge on any atom is 0.160 e. The number of hydrogen-bond acceptors (Lipinski definition) is 20. The van der Waals surface area contributed by atoms with Crippen molar-refractivity contribution in [2.75, 3.05) is 104 Å². The predicted molar refractivity (Wildman–Crippen MR) is 513 cm³/mol. The van der Waals surface area contributed by atoms with Gasteiger partial charge >= 0.3 is 0 Å². The Labute approximate surface area is 836 Å². The summed E-state index contributed by atoms with van der Waals surface area (Å²) in [5, 5.41) is 51.6. The standard InChI is InChI=1S/3C22H30O4.2C21H28O4/c3*1-16-9-11-20(13-17(16)2)26-15-19(23)8-6-5-7-18-10-12-21(24-3)22(14-18)25-4;2*1-16-7-6-10-19(13-16)25-15-18(22)9-5-4-8-17-11-12-20(23-2)21(14-17)24-3/h3*9-14,19,23H,5-8,15H2,1-4H3;2*6-7,10-14,18,22H,4-5,8-9,15H2,1-3H3/i3D3,4D3,5D2,7D2,9D,11D,13D;4D3,5D2,7D2,9D,11D,13D;3D3,5D2,7D2,9D,11D,13D;2D3,4D2,6D,7D,8D2,10D,13D;4D2,6D,7D,8D2,10D,13D. The van der Waals surface area contributed by atoms with E-state index >= 15 is 0 Å². The fourth-order valence-corrected chi connectivity index (χ4v) is 10.3. The summed E-state index contributed by atoms with van der Waals surface area (Å²) >= 11 is 0. The lowest BCUT2D eigenvalue weighted by Gasteiger charge is -2.13. The van der Waals surface area contributed by atoms with Crippen LogP contribution >= 0.6 is 0 Å². The van der Waals surface area contributed by atoms with E-state index in [4.69, 9.17) is 142 Å². The minimum absolute atomic E-state index is 0.0449. The fraction of sp³-hybridized carbons (Fsp3) is 0.444. The molecular weight excluding hydrogens is 1620 g/mol. The SMILES string of the molecule is [2H]c1c([2H])c(C)c([2H])c(OCC(O)CCC([2H])([2H])C([2H])([2H])c2ccc(OC([2H])([2H])[2H])c(OC)c2)c1[2H].[2H]c1c([2H])c(C)c([2H])c(OCC(O)CCC([2H])([2H])C([2H])([2H])c2ccc(OC)c(OC)c2)c1[2H].[2H]c1c([2H])c(OCC(O)CCC([2H])([2H])C([2H])([2H])c2ccc(OC([2H])([2H])[2H])c(OC([2H])([2H])[2H])c2)c([2H])c(C)c1C.[2H]c1c([2H])c(OCC(O)CCC([2H])([2H])C([2H])([2H])c2ccc(OC([2H])([2H])[2H])c(OC)c2)c([2H])c(C)c1C.[2H]c1c([2H])c(OCC(O)CCC([2H])([2H])C([2H])([2H])c2ccc(OC)c(OC([2H])([2H])[2H])c2)c([2H])c(C)c1C. The zero-order valence-electron chi connectivity index (χ0n) is 126. The quantitative estimate of drug-likeness (QED) is 0.0238. The van der Waals surface area contributed by atoms with Gasteiger partial charge in [-0.3, -0.25) is 0 Å². The molecular formula is C108H146O20. The second kappa shape index (κ2) is 59.9. The molecule has 5 atom stereocenters. The second-order valence-electron chi connectivity index (χ2n) is 27.6. The van der Waals surface area contributed by atoms with Crippen LogP contribution in [-0.2, 0) is 31.9 Å². The van der Waals surface area contributed by atoms with Crippen molar-refractivity contribution in [2.24, 2.45) is 0 Å². The third-order valence-corrected chi connectivity index (χ3v) is 17.8. The molecule has 0 saturated heterocycles. The molecule has 5 N–H and O–H groups in total. The summed E-state index contributed by atoms with van der Waals surface area (Å²) in [7, 11) is -7.71. The first-order chi connectivity index (χ1) is 82.1. The smallest absolute Gasteiger partial charge is 0.160 e. The first-order valence-corrected chi connectivity index (χ1v) is 39.9. The third-order valence-electron chi connectivity index (χ3n) is 17.8. The lowest BCUT2D eigenvalue weighted by atomic mass is 10.0. The van der Waals surface area contributed by atoms with Crippen molar-refractivity contribution in [1.29, 1.82) is 0 Å². The van der Waals surface area contributed by atoms with Gasteiger partial charge in [-0.2, -0.15) is 0 Å². The number of rotatable bonds is 50. The summed E-state index contributed by atoms with van der Waals surface area (Å²) in [5.41, 5.74) is 2.46. The molecule has 0 aliphatic carbocycles. The largest absolute Gasteiger partial charge is 0.493 e. The Bertz CT molecular complexity index is 7100. The Morgan fingerprint density at radius 2 is 0.469 bits per heavy atom. The molecule has 0 spiro atoms. The normalized spacial score (nSPS) is 19.4. The summed E-state index contributed by atoms with van der Waals surface area (Å²) in [4.78, 5) is 0. The predicted octanol–water partition coefficient (Wildman–Crippen LogP) is 21.7. The van der Waals surface area contributed by atoms with Gasteiger partial charge in [0.2, 0.25) is 0 Å². The minimum Gasteiger partial charge on any atom is -0.493 e. The molecule has 10 rings (SSSR count). The zero-order valence-corrected chi connectivity index (χ0v) is 73.5. The van der Waals surface area contributed by atoms with E-state index in [1.54, 1.807) is 41.5 Å². The van der Waals surface area contributed by atoms with Gasteiger partial charge in [-0.05, 0) is 345 Å². The maximum atomic E-state index is 10.4. The summed E-state index contributed by atoms with van der Waals surface area (Å²) < 4.78 is 487. The molecule has 0 fully saturated rings. The summed E-state index contributed by atoms with van der Waals surface area (Å²) in [6.45, 7) is 10.7. The number of aliphatic hydroxyl groups is 5. The van der Waals surface area contributed by atoms with Gasteiger partial charge in [-0.15, -0.1) is 0 Å². The number of aryl methyl sites for hydroxylation is 5. The number of aliphatic hydroxyl groups excluding tert-OH is 5. The zero-order chi connectivity index (χ0) is 138. The van der Waals surface area contributed by atoms with Crippen molar-refractivity contribution in [1.82, 2.24) is 0 Å². The molecule has 0 aliphatic rings. The van der Waals surface area contributed by atoms with E-state index in [1.165, 1.54) is 110 Å². The van der Waals surface area contributed by atoms with E-state index in [0.717, 1.165) is 30.3 Å². The van der Waals surface area contributed by atoms with E-state index in [1.807, 2.05) is 0 Å². The number of benzene rings is 10. The van der Waals surface area contributed by atoms with Crippen LogP contribution in [-0.4, -0.2) is 160 Å². The van der Waals surface area contributed by atoms with Gasteiger partial charge < -0.3 is 96.6 Å². The highest BCUT2D eigenvalue weighted by Crippen LogP contribution is 2.34. The van der Waals surface area contributed by atoms with E-state index in [0.29, 0.717) is 39.1 Å². The van der Waals surface area contributed by atoms with Crippen molar-refractivity contribution >= 4 is 0 Å². The first kappa shape index (κ1) is 52.0. The molecule has 0 aliphatic heterocycles. The van der Waals surface area contributed by atoms with Gasteiger partial charge in [0.15, 0.2) is 57.5 Å². The average molecular weight is 1820 g/mol. The van der Waals surface area contributed by atoms with Crippen molar-refractivity contribution in [3.8, 4) is 86.2 Å². The summed E-state index contributed by atoms with van der Waals surface area (Å²) in [5.74, 6) is -2.12. The highest BCUT2D eigenvalue weighted by atomic mass is 16.5. The fourth-order valence-electron chi connectivity index (χ4n) is 10.3. The van der Waals surface area contributed by atoms with Gasteiger partial charge in [-0.1, -0.05) is 105 Å². The highest BCUT2D eigenvalue weighted by Gasteiger charge is 2.16. The number of methoxy groups -OCH3 is 10. The summed E-state index contributed by atoms with van der Waals surface area (Å²) in [6, 6.07) is 13.9. The molecule has 20 heteroatoms. The van der Waals surface area contributed by atoms with Crippen LogP contribution in [0.15, 0.2) is 194 Å². The molecule has 0 bridgehead atoms. The molecule has 128 heavy (non-hydrogen) atoms. The molecule has 5 unspecified atom stereocenters. The van der Waals surface area contributed by atoms with Gasteiger partial charge in [0.1, 0.15) is 61.8 Å². The van der Waals surface area contributed by atoms with Gasteiger partial charge in [0.25, 0.3) is 0 Å². The van der Waals surface area contributed by atoms with Crippen LogP contribution in [0.4, 0.5) is 0 Å². The Morgan fingerprint density at radius 1 is 0.258 bits per heavy atom. The summed E-state index contributed by atoms with van der Waals surface area (Å²) in [6.07, 6.45) is -34.7. The molecule has 0 aromatic heterocycles. The molecule has 698 valence electrons. The molecule has 0 heterocycles. The van der Waals surface area contributed by atoms with Crippen molar-refractivity contribution in [3.05, 3.63) is 266 Å². The van der Waals surface area contributed by atoms with E-state index in [9.17, 15) is 25.5 Å². The third kappa shape index (κ3) is 40.1. The maximum absolute atomic E-state index is 10.4. The van der Waals surface area contributed by atoms with Crippen LogP contribution in [0.3, 0.4) is 0 Å². The van der Waals surface area contributed by atoms with E-state index < -0.39 is 198 Å². The van der Waals surface area contributed by atoms with Crippen molar-refractivity contribution in [3.63, 3.8) is 0 Å². The Kier molecular flexibility index (Phi) is 24.3. The monoisotopic (exact) mass is 1820 g/mol. The minimum atomic E-state index is -3.03. The van der Waals surface area contributed by atoms with Crippen LogP contribution in [0.2, 0.25) is 0 Å². The highest BCUT2D eigenvalue weighted by molar-refractivity contribution is 5.47. The van der Waals surface area contributed by atoms with Gasteiger partial charge in [-0.25, -0.2) is 0 Å². The van der Waals surface area contributed by atoms with Crippen LogP contribution in [0.5, 0.6) is 86.2 Å². The average Bonchev–Trinajstić information content (AvgIpc) is 0.765. The van der Waals surface area contributed by atoms with E-state index in [2.05, 4.69) is 0 Å². The van der Waals surface area contributed by atoms with Crippen molar-refractivity contribution in [2.45, 2.75) is 214 Å². The molecule has 10 aromatic carbocycles. The lowest BCUT2D eigenvalue weighted by Crippen LogP contribution is -2.17. The molecule has 0 amide bonds. The molecule has 0 saturated carbocycles. The Hall–Kier alpha value is -11.0. The lowest BCUT2D eigenvalue weighted by molar-refractivity contribution is 0.0975. The van der Waals surface area contributed by atoms with Crippen LogP contribution in [0, 0.1) is 55.4 Å². The van der Waals surface area contributed by atoms with Crippen LogP contribution in [0.1, 0.15) is 240 Å². The van der Waals surface area contributed by atoms with Gasteiger partial charge in [0.05, 0.1) is 145 Å². The topological polar surface area (TPSA) is 240 Å².